The van der Waals surface area contributed by atoms with E-state index in [1.54, 1.807) is 12.4 Å². The van der Waals surface area contributed by atoms with Crippen molar-refractivity contribution in [2.24, 2.45) is 29.6 Å². The van der Waals surface area contributed by atoms with Gasteiger partial charge in [-0.2, -0.15) is 9.78 Å². The van der Waals surface area contributed by atoms with Crippen molar-refractivity contribution in [1.29, 1.82) is 0 Å². The Bertz CT molecular complexity index is 655. The van der Waals surface area contributed by atoms with Gasteiger partial charge in [0, 0.05) is 56.0 Å². The molecule has 0 radical (unpaired) electrons. The molecule has 7 rings (SSSR count). The lowest BCUT2D eigenvalue weighted by Crippen LogP contribution is -2.59. The van der Waals surface area contributed by atoms with Gasteiger partial charge in [0.1, 0.15) is 0 Å². The van der Waals surface area contributed by atoms with Gasteiger partial charge in [-0.05, 0) is 62.7 Å². The molecule has 6 fully saturated rings. The van der Waals surface area contributed by atoms with Crippen molar-refractivity contribution in [2.75, 3.05) is 6.54 Å². The van der Waals surface area contributed by atoms with E-state index in [0.717, 1.165) is 50.5 Å². The number of ether oxygens (including phenoxy) is 1. The Morgan fingerprint density at radius 2 is 1.54 bits per heavy atom. The summed E-state index contributed by atoms with van der Waals surface area (Å²) in [5, 5.41) is 0. The second kappa shape index (κ2) is 6.31. The van der Waals surface area contributed by atoms with Gasteiger partial charge in [-0.15, -0.1) is 0 Å². The molecule has 0 aromatic rings. The summed E-state index contributed by atoms with van der Waals surface area (Å²) in [6.07, 6.45) is 18.8. The third-order valence-electron chi connectivity index (χ3n) is 8.26. The Balaban J connectivity index is 1.08. The summed E-state index contributed by atoms with van der Waals surface area (Å²) in [5.41, 5.74) is 0. The molecule has 0 atom stereocenters. The van der Waals surface area contributed by atoms with Gasteiger partial charge in [-0.1, -0.05) is 0 Å². The van der Waals surface area contributed by atoms with E-state index in [-0.39, 0.29) is 0 Å². The second-order valence-corrected chi connectivity index (χ2v) is 9.99. The third-order valence-corrected chi connectivity index (χ3v) is 8.26. The predicted octanol–water partition coefficient (Wildman–Crippen LogP) is 3.72. The minimum Gasteiger partial charge on any atom is -0.351 e. The average Bonchev–Trinajstić information content (AvgIpc) is 3.08. The molecule has 5 aliphatic carbocycles. The van der Waals surface area contributed by atoms with Gasteiger partial charge < -0.3 is 9.64 Å². The molecule has 6 heteroatoms. The number of hydrogen-bond acceptors (Lipinski definition) is 5. The van der Waals surface area contributed by atoms with Crippen LogP contribution in [0, 0.1) is 29.6 Å². The maximum atomic E-state index is 10.8. The molecule has 4 bridgehead atoms. The Hall–Kier alpha value is -1.37. The zero-order valence-electron chi connectivity index (χ0n) is 16.4. The van der Waals surface area contributed by atoms with Crippen LogP contribution in [-0.2, 0) is 19.3 Å². The highest BCUT2D eigenvalue weighted by molar-refractivity contribution is 5.51. The number of hydrogen-bond donors (Lipinski definition) is 0. The van der Waals surface area contributed by atoms with Crippen molar-refractivity contribution >= 4 is 6.41 Å². The summed E-state index contributed by atoms with van der Waals surface area (Å²) in [7, 11) is 0. The molecule has 2 spiro atoms. The lowest BCUT2D eigenvalue weighted by atomic mass is 9.53. The van der Waals surface area contributed by atoms with Gasteiger partial charge in [0.2, 0.25) is 18.0 Å². The second-order valence-electron chi connectivity index (χ2n) is 9.99. The quantitative estimate of drug-likeness (QED) is 0.547. The van der Waals surface area contributed by atoms with Crippen LogP contribution in [-0.4, -0.2) is 34.3 Å². The highest BCUT2D eigenvalue weighted by atomic mass is 17.3. The van der Waals surface area contributed by atoms with Crippen molar-refractivity contribution in [3.05, 3.63) is 24.8 Å². The maximum Gasteiger partial charge on any atom is 0.217 e. The van der Waals surface area contributed by atoms with Crippen molar-refractivity contribution in [3.63, 3.8) is 0 Å². The minimum atomic E-state index is -0.520. The van der Waals surface area contributed by atoms with E-state index >= 15 is 0 Å². The van der Waals surface area contributed by atoms with E-state index < -0.39 is 11.6 Å². The van der Waals surface area contributed by atoms with Crippen molar-refractivity contribution in [2.45, 2.75) is 69.4 Å². The molecule has 0 N–H and O–H groups in total. The first-order chi connectivity index (χ1) is 13.7. The fourth-order valence-corrected chi connectivity index (χ4v) is 7.01. The molecule has 2 heterocycles. The van der Waals surface area contributed by atoms with Crippen molar-refractivity contribution < 1.29 is 19.3 Å². The first-order valence-corrected chi connectivity index (χ1v) is 11.1. The number of carbonyl (C=O) groups excluding carboxylic acids is 1. The molecule has 152 valence electrons. The lowest BCUT2D eigenvalue weighted by molar-refractivity contribution is -0.390. The van der Waals surface area contributed by atoms with E-state index in [0.29, 0.717) is 17.8 Å². The van der Waals surface area contributed by atoms with Crippen LogP contribution in [0.2, 0.25) is 0 Å². The topological polar surface area (TPSA) is 51.2 Å². The SMILES string of the molecule is O=CN1C=CN(CC2CCC3(CC2)OOC2(O3)C3CC4CC(C3)CC2C4)C=C1. The Morgan fingerprint density at radius 1 is 0.893 bits per heavy atom. The van der Waals surface area contributed by atoms with Crippen LogP contribution < -0.4 is 0 Å². The molecule has 1 saturated heterocycles. The van der Waals surface area contributed by atoms with E-state index in [1.165, 1.54) is 37.0 Å². The van der Waals surface area contributed by atoms with Crippen LogP contribution in [0.5, 0.6) is 0 Å². The van der Waals surface area contributed by atoms with Gasteiger partial charge in [0.15, 0.2) is 0 Å². The third kappa shape index (κ3) is 2.68. The number of nitrogens with zero attached hydrogens (tertiary/aromatic N) is 2. The standard InChI is InChI=1S/C22H30N2O4/c25-15-24-7-5-23(6-8-24)14-16-1-3-21(4-2-16)26-22(28-27-21)19-10-17-9-18(12-19)13-20(22)11-17/h5-8,15-20H,1-4,9-14H2. The highest BCUT2D eigenvalue weighted by Gasteiger charge is 2.66. The first kappa shape index (κ1) is 17.5. The van der Waals surface area contributed by atoms with Crippen LogP contribution in [0.25, 0.3) is 0 Å². The zero-order chi connectivity index (χ0) is 18.8. The van der Waals surface area contributed by atoms with Crippen molar-refractivity contribution in [1.82, 2.24) is 9.80 Å². The van der Waals surface area contributed by atoms with Gasteiger partial charge in [-0.25, -0.2) is 0 Å². The van der Waals surface area contributed by atoms with Crippen molar-refractivity contribution in [3.8, 4) is 0 Å². The minimum absolute atomic E-state index is 0.448. The summed E-state index contributed by atoms with van der Waals surface area (Å²) < 4.78 is 6.79. The van der Waals surface area contributed by atoms with Crippen LogP contribution in [0.4, 0.5) is 0 Å². The Labute approximate surface area is 166 Å². The average molecular weight is 386 g/mol. The molecular weight excluding hydrogens is 356 g/mol. The summed E-state index contributed by atoms with van der Waals surface area (Å²) >= 11 is 0. The van der Waals surface area contributed by atoms with Gasteiger partial charge >= 0.3 is 0 Å². The monoisotopic (exact) mass is 386 g/mol. The Kier molecular flexibility index (Phi) is 3.94. The maximum absolute atomic E-state index is 10.8. The summed E-state index contributed by atoms with van der Waals surface area (Å²) in [4.78, 5) is 26.6. The van der Waals surface area contributed by atoms with Crippen LogP contribution in [0.3, 0.4) is 0 Å². The lowest BCUT2D eigenvalue weighted by Gasteiger charge is -2.57. The van der Waals surface area contributed by atoms with Crippen LogP contribution in [0.15, 0.2) is 24.8 Å². The zero-order valence-corrected chi connectivity index (χ0v) is 16.4. The fraction of sp³-hybridized carbons (Fsp3) is 0.773. The smallest absolute Gasteiger partial charge is 0.217 e. The molecule has 0 aromatic carbocycles. The molecule has 6 nitrogen and oxygen atoms in total. The summed E-state index contributed by atoms with van der Waals surface area (Å²) in [6.45, 7) is 0.969. The van der Waals surface area contributed by atoms with E-state index in [4.69, 9.17) is 14.5 Å². The molecule has 28 heavy (non-hydrogen) atoms. The number of carbonyl (C=O) groups is 1. The normalized spacial score (nSPS) is 48.9. The molecule has 5 saturated carbocycles. The molecular formula is C22H30N2O4. The molecule has 0 unspecified atom stereocenters. The van der Waals surface area contributed by atoms with Gasteiger partial charge in [0.05, 0.1) is 0 Å². The van der Waals surface area contributed by atoms with E-state index in [1.807, 2.05) is 12.4 Å². The first-order valence-electron chi connectivity index (χ1n) is 11.1. The van der Waals surface area contributed by atoms with Crippen LogP contribution in [0.1, 0.15) is 57.8 Å². The molecule has 1 amide bonds. The number of rotatable bonds is 3. The van der Waals surface area contributed by atoms with E-state index in [9.17, 15) is 4.79 Å². The van der Waals surface area contributed by atoms with Gasteiger partial charge in [-0.3, -0.25) is 9.69 Å². The number of amides is 1. The molecule has 0 aromatic heterocycles. The van der Waals surface area contributed by atoms with E-state index in [2.05, 4.69) is 4.90 Å². The Morgan fingerprint density at radius 3 is 2.14 bits per heavy atom. The van der Waals surface area contributed by atoms with Gasteiger partial charge in [0.25, 0.3) is 0 Å². The highest BCUT2D eigenvalue weighted by Crippen LogP contribution is 2.63. The molecule has 7 aliphatic rings. The fourth-order valence-electron chi connectivity index (χ4n) is 7.01. The van der Waals surface area contributed by atoms with Crippen LogP contribution >= 0.6 is 0 Å². The molecule has 2 aliphatic heterocycles. The largest absolute Gasteiger partial charge is 0.351 e. The summed E-state index contributed by atoms with van der Waals surface area (Å²) in [5.74, 6) is 2.49. The summed E-state index contributed by atoms with van der Waals surface area (Å²) in [6, 6.07) is 0. The predicted molar refractivity (Wildman–Crippen MR) is 101 cm³/mol.